The van der Waals surface area contributed by atoms with Crippen molar-refractivity contribution in [3.8, 4) is 5.75 Å². The number of halogens is 1. The predicted molar refractivity (Wildman–Crippen MR) is 94.8 cm³/mol. The zero-order chi connectivity index (χ0) is 17.7. The largest absolute Gasteiger partial charge is 0.495 e. The van der Waals surface area contributed by atoms with Crippen LogP contribution in [-0.4, -0.2) is 25.5 Å². The van der Waals surface area contributed by atoms with Crippen LogP contribution < -0.4 is 21.1 Å². The van der Waals surface area contributed by atoms with Crippen LogP contribution in [0.2, 0.25) is 5.02 Å². The van der Waals surface area contributed by atoms with E-state index in [0.717, 1.165) is 5.56 Å². The van der Waals surface area contributed by atoms with E-state index >= 15 is 0 Å². The van der Waals surface area contributed by atoms with Crippen molar-refractivity contribution >= 4 is 34.8 Å². The Morgan fingerprint density at radius 3 is 2.62 bits per heavy atom. The van der Waals surface area contributed by atoms with E-state index in [9.17, 15) is 9.59 Å². The molecule has 0 aliphatic carbocycles. The molecule has 0 aliphatic rings. The molecule has 2 aromatic carbocycles. The number of nitrogens with two attached hydrogens (primary N) is 1. The Balaban J connectivity index is 2.03. The SMILES string of the molecule is COc1ccc(NC(=O)CNc2cccc(C)c2C(N)=O)cc1Cl. The third-order valence-electron chi connectivity index (χ3n) is 3.39. The standard InChI is InChI=1S/C17H18ClN3O3/c1-10-4-3-5-13(16(10)17(19)23)20-9-15(22)21-11-6-7-14(24-2)12(18)8-11/h3-8,20H,9H2,1-2H3,(H2,19,23)(H,21,22). The number of anilines is 2. The van der Waals surface area contributed by atoms with E-state index < -0.39 is 5.91 Å². The molecule has 0 fully saturated rings. The van der Waals surface area contributed by atoms with E-state index in [4.69, 9.17) is 22.1 Å². The number of amides is 2. The van der Waals surface area contributed by atoms with Gasteiger partial charge in [-0.05, 0) is 36.8 Å². The molecule has 4 N–H and O–H groups in total. The van der Waals surface area contributed by atoms with E-state index in [-0.39, 0.29) is 12.5 Å². The summed E-state index contributed by atoms with van der Waals surface area (Å²) in [4.78, 5) is 23.6. The Hall–Kier alpha value is -2.73. The molecule has 0 unspecified atom stereocenters. The summed E-state index contributed by atoms with van der Waals surface area (Å²) in [6.45, 7) is 1.76. The Morgan fingerprint density at radius 2 is 2.00 bits per heavy atom. The summed E-state index contributed by atoms with van der Waals surface area (Å²) in [6.07, 6.45) is 0. The number of rotatable bonds is 6. The second kappa shape index (κ2) is 7.70. The number of hydrogen-bond donors (Lipinski definition) is 3. The summed E-state index contributed by atoms with van der Waals surface area (Å²) in [5.74, 6) is -0.301. The number of carbonyl (C=O) groups excluding carboxylic acids is 2. The van der Waals surface area contributed by atoms with Crippen molar-refractivity contribution in [3.63, 3.8) is 0 Å². The molecule has 2 aromatic rings. The van der Waals surface area contributed by atoms with Crippen LogP contribution in [-0.2, 0) is 4.79 Å². The van der Waals surface area contributed by atoms with Crippen LogP contribution in [0.5, 0.6) is 5.75 Å². The van der Waals surface area contributed by atoms with Gasteiger partial charge in [0.25, 0.3) is 5.91 Å². The first kappa shape index (κ1) is 17.6. The molecule has 0 radical (unpaired) electrons. The predicted octanol–water partition coefficient (Wildman–Crippen LogP) is 2.81. The Labute approximate surface area is 144 Å². The molecule has 126 valence electrons. The highest BCUT2D eigenvalue weighted by Gasteiger charge is 2.12. The summed E-state index contributed by atoms with van der Waals surface area (Å²) in [5, 5.41) is 6.03. The zero-order valence-corrected chi connectivity index (χ0v) is 14.1. The van der Waals surface area contributed by atoms with Crippen molar-refractivity contribution < 1.29 is 14.3 Å². The van der Waals surface area contributed by atoms with Crippen molar-refractivity contribution in [1.82, 2.24) is 0 Å². The molecular weight excluding hydrogens is 330 g/mol. The highest BCUT2D eigenvalue weighted by atomic mass is 35.5. The Bertz CT molecular complexity index is 778. The number of nitrogens with one attached hydrogen (secondary N) is 2. The molecule has 6 nitrogen and oxygen atoms in total. The number of aryl methyl sites for hydroxylation is 1. The van der Waals surface area contributed by atoms with Crippen LogP contribution in [0.25, 0.3) is 0 Å². The molecule has 0 bridgehead atoms. The maximum atomic E-state index is 12.1. The van der Waals surface area contributed by atoms with Gasteiger partial charge in [0.05, 0.1) is 24.2 Å². The first-order valence-electron chi connectivity index (χ1n) is 7.19. The van der Waals surface area contributed by atoms with Crippen molar-refractivity contribution in [2.45, 2.75) is 6.92 Å². The summed E-state index contributed by atoms with van der Waals surface area (Å²) in [5.41, 5.74) is 7.57. The average Bonchev–Trinajstić information content (AvgIpc) is 2.52. The number of ether oxygens (including phenoxy) is 1. The van der Waals surface area contributed by atoms with E-state index in [1.807, 2.05) is 0 Å². The number of methoxy groups -OCH3 is 1. The summed E-state index contributed by atoms with van der Waals surface area (Å²) < 4.78 is 5.06. The summed E-state index contributed by atoms with van der Waals surface area (Å²) in [7, 11) is 1.52. The number of benzene rings is 2. The van der Waals surface area contributed by atoms with Gasteiger partial charge >= 0.3 is 0 Å². The molecule has 0 atom stereocenters. The maximum absolute atomic E-state index is 12.1. The second-order valence-electron chi connectivity index (χ2n) is 5.11. The summed E-state index contributed by atoms with van der Waals surface area (Å²) >= 11 is 6.02. The molecule has 0 saturated heterocycles. The highest BCUT2D eigenvalue weighted by Crippen LogP contribution is 2.27. The molecule has 0 saturated carbocycles. The molecule has 0 aromatic heterocycles. The fraction of sp³-hybridized carbons (Fsp3) is 0.176. The van der Waals surface area contributed by atoms with Gasteiger partial charge in [-0.15, -0.1) is 0 Å². The van der Waals surface area contributed by atoms with Crippen LogP contribution in [0.15, 0.2) is 36.4 Å². The smallest absolute Gasteiger partial charge is 0.251 e. The van der Waals surface area contributed by atoms with Crippen LogP contribution >= 0.6 is 11.6 Å². The van der Waals surface area contributed by atoms with Gasteiger partial charge in [0, 0.05) is 11.4 Å². The number of carbonyl (C=O) groups is 2. The molecule has 7 heteroatoms. The van der Waals surface area contributed by atoms with Crippen LogP contribution in [0, 0.1) is 6.92 Å². The Morgan fingerprint density at radius 1 is 1.25 bits per heavy atom. The van der Waals surface area contributed by atoms with Gasteiger partial charge in [0.1, 0.15) is 5.75 Å². The quantitative estimate of drug-likeness (QED) is 0.749. The molecule has 2 rings (SSSR count). The van der Waals surface area contributed by atoms with Gasteiger partial charge in [0.2, 0.25) is 5.91 Å². The summed E-state index contributed by atoms with van der Waals surface area (Å²) in [6, 6.07) is 10.2. The monoisotopic (exact) mass is 347 g/mol. The van der Waals surface area contributed by atoms with Gasteiger partial charge in [-0.25, -0.2) is 0 Å². The van der Waals surface area contributed by atoms with Gasteiger partial charge in [0.15, 0.2) is 0 Å². The molecule has 24 heavy (non-hydrogen) atoms. The topological polar surface area (TPSA) is 93.4 Å². The lowest BCUT2D eigenvalue weighted by atomic mass is 10.1. The van der Waals surface area contributed by atoms with E-state index in [1.54, 1.807) is 43.3 Å². The van der Waals surface area contributed by atoms with Crippen LogP contribution in [0.1, 0.15) is 15.9 Å². The van der Waals surface area contributed by atoms with Crippen molar-refractivity contribution in [3.05, 3.63) is 52.5 Å². The van der Waals surface area contributed by atoms with Gasteiger partial charge < -0.3 is 21.1 Å². The molecule has 0 heterocycles. The van der Waals surface area contributed by atoms with Gasteiger partial charge in [-0.3, -0.25) is 9.59 Å². The molecule has 0 spiro atoms. The average molecular weight is 348 g/mol. The lowest BCUT2D eigenvalue weighted by Crippen LogP contribution is -2.24. The maximum Gasteiger partial charge on any atom is 0.251 e. The van der Waals surface area contributed by atoms with Crippen molar-refractivity contribution in [1.29, 1.82) is 0 Å². The van der Waals surface area contributed by atoms with E-state index in [2.05, 4.69) is 10.6 Å². The number of hydrogen-bond acceptors (Lipinski definition) is 4. The minimum atomic E-state index is -0.544. The third kappa shape index (κ3) is 4.17. The third-order valence-corrected chi connectivity index (χ3v) is 3.69. The van der Waals surface area contributed by atoms with Gasteiger partial charge in [-0.2, -0.15) is 0 Å². The molecule has 2 amide bonds. The minimum absolute atomic E-state index is 0.0205. The van der Waals surface area contributed by atoms with Crippen molar-refractivity contribution in [2.75, 3.05) is 24.3 Å². The van der Waals surface area contributed by atoms with E-state index in [0.29, 0.717) is 27.7 Å². The fourth-order valence-corrected chi connectivity index (χ4v) is 2.52. The normalized spacial score (nSPS) is 10.1. The number of primary amides is 1. The first-order valence-corrected chi connectivity index (χ1v) is 7.57. The zero-order valence-electron chi connectivity index (χ0n) is 13.4. The van der Waals surface area contributed by atoms with Crippen LogP contribution in [0.3, 0.4) is 0 Å². The van der Waals surface area contributed by atoms with Crippen LogP contribution in [0.4, 0.5) is 11.4 Å². The lowest BCUT2D eigenvalue weighted by Gasteiger charge is -2.12. The first-order chi connectivity index (χ1) is 11.4. The fourth-order valence-electron chi connectivity index (χ4n) is 2.27. The highest BCUT2D eigenvalue weighted by molar-refractivity contribution is 6.32. The van der Waals surface area contributed by atoms with Gasteiger partial charge in [-0.1, -0.05) is 23.7 Å². The minimum Gasteiger partial charge on any atom is -0.495 e. The van der Waals surface area contributed by atoms with Crippen molar-refractivity contribution in [2.24, 2.45) is 5.73 Å². The second-order valence-corrected chi connectivity index (χ2v) is 5.52. The lowest BCUT2D eigenvalue weighted by molar-refractivity contribution is -0.114. The van der Waals surface area contributed by atoms with E-state index in [1.165, 1.54) is 7.11 Å². The molecular formula is C17H18ClN3O3. The molecule has 0 aliphatic heterocycles. The Kier molecular flexibility index (Phi) is 5.65.